The van der Waals surface area contributed by atoms with Crippen molar-refractivity contribution in [3.63, 3.8) is 0 Å². The van der Waals surface area contributed by atoms with E-state index in [1.54, 1.807) is 6.92 Å². The van der Waals surface area contributed by atoms with Crippen molar-refractivity contribution in [1.29, 1.82) is 0 Å². The number of Topliss-reactive ketones (excluding diaryl/α,β-unsaturated/α-hetero) is 1. The molecule has 0 radical (unpaired) electrons. The molecule has 1 saturated heterocycles. The molecule has 88 valence electrons. The fraction of sp³-hybridized carbons (Fsp3) is 0.917. The van der Waals surface area contributed by atoms with Crippen molar-refractivity contribution in [1.82, 2.24) is 4.90 Å². The lowest BCUT2D eigenvalue weighted by Gasteiger charge is -2.38. The predicted octanol–water partition coefficient (Wildman–Crippen LogP) is 1.45. The van der Waals surface area contributed by atoms with E-state index in [-0.39, 0.29) is 22.8 Å². The third kappa shape index (κ3) is 2.40. The van der Waals surface area contributed by atoms with Crippen molar-refractivity contribution in [3.8, 4) is 0 Å². The molecular formula is C12H23NO2. The zero-order valence-electron chi connectivity index (χ0n) is 10.5. The van der Waals surface area contributed by atoms with Crippen LogP contribution in [0.15, 0.2) is 0 Å². The van der Waals surface area contributed by atoms with Crippen molar-refractivity contribution < 1.29 is 9.90 Å². The van der Waals surface area contributed by atoms with Gasteiger partial charge in [-0.05, 0) is 27.2 Å². The number of aliphatic hydroxyl groups excluding tert-OH is 1. The molecule has 0 aliphatic carbocycles. The Balaban J connectivity index is 2.72. The molecule has 15 heavy (non-hydrogen) atoms. The Morgan fingerprint density at radius 3 is 2.40 bits per heavy atom. The lowest BCUT2D eigenvalue weighted by Crippen LogP contribution is -2.49. The van der Waals surface area contributed by atoms with E-state index in [0.29, 0.717) is 0 Å². The molecule has 1 heterocycles. The lowest BCUT2D eigenvalue weighted by molar-refractivity contribution is -0.126. The minimum Gasteiger partial charge on any atom is -0.391 e. The summed E-state index contributed by atoms with van der Waals surface area (Å²) >= 11 is 0. The largest absolute Gasteiger partial charge is 0.391 e. The highest BCUT2D eigenvalue weighted by Gasteiger charge is 2.42. The summed E-state index contributed by atoms with van der Waals surface area (Å²) in [5, 5.41) is 9.84. The quantitative estimate of drug-likeness (QED) is 0.771. The van der Waals surface area contributed by atoms with Crippen molar-refractivity contribution in [2.45, 2.75) is 52.7 Å². The number of nitrogens with zero attached hydrogens (tertiary/aromatic N) is 1. The van der Waals surface area contributed by atoms with Gasteiger partial charge >= 0.3 is 0 Å². The highest BCUT2D eigenvalue weighted by Crippen LogP contribution is 2.32. The molecule has 1 unspecified atom stereocenters. The Hall–Kier alpha value is -0.410. The van der Waals surface area contributed by atoms with Crippen LogP contribution in [0.1, 0.15) is 41.0 Å². The highest BCUT2D eigenvalue weighted by molar-refractivity contribution is 5.81. The number of aliphatic hydroxyl groups is 1. The first kappa shape index (κ1) is 12.7. The first-order valence-corrected chi connectivity index (χ1v) is 5.62. The van der Waals surface area contributed by atoms with Crippen molar-refractivity contribution in [2.75, 3.05) is 13.1 Å². The molecule has 0 bridgehead atoms. The minimum atomic E-state index is -0.318. The SMILES string of the molecule is CC(=O)C(C)(C)CN1CCC(O)C1(C)C. The van der Waals surface area contributed by atoms with Crippen LogP contribution in [-0.2, 0) is 4.79 Å². The number of rotatable bonds is 3. The maximum Gasteiger partial charge on any atom is 0.136 e. The van der Waals surface area contributed by atoms with Gasteiger partial charge in [-0.1, -0.05) is 13.8 Å². The van der Waals surface area contributed by atoms with Crippen LogP contribution in [0, 0.1) is 5.41 Å². The summed E-state index contributed by atoms with van der Waals surface area (Å²) in [6, 6.07) is 0. The van der Waals surface area contributed by atoms with Gasteiger partial charge in [0.25, 0.3) is 0 Å². The third-order valence-corrected chi connectivity index (χ3v) is 3.84. The van der Waals surface area contributed by atoms with Gasteiger partial charge in [0.2, 0.25) is 0 Å². The third-order valence-electron chi connectivity index (χ3n) is 3.84. The van der Waals surface area contributed by atoms with Gasteiger partial charge in [0.1, 0.15) is 5.78 Å². The van der Waals surface area contributed by atoms with E-state index in [4.69, 9.17) is 0 Å². The standard InChI is InChI=1S/C12H23NO2/c1-9(14)11(2,3)8-13-7-6-10(15)12(13,4)5/h10,15H,6-8H2,1-5H3. The van der Waals surface area contributed by atoms with Crippen LogP contribution in [0.3, 0.4) is 0 Å². The fourth-order valence-corrected chi connectivity index (χ4v) is 2.00. The first-order valence-electron chi connectivity index (χ1n) is 5.62. The van der Waals surface area contributed by atoms with Crippen molar-refractivity contribution in [2.24, 2.45) is 5.41 Å². The number of carbonyl (C=O) groups excluding carboxylic acids is 1. The smallest absolute Gasteiger partial charge is 0.136 e. The van der Waals surface area contributed by atoms with Crippen LogP contribution in [0.25, 0.3) is 0 Å². The van der Waals surface area contributed by atoms with Crippen LogP contribution < -0.4 is 0 Å². The summed E-state index contributed by atoms with van der Waals surface area (Å²) in [6.07, 6.45) is 0.529. The zero-order valence-corrected chi connectivity index (χ0v) is 10.5. The molecule has 1 rings (SSSR count). The number of hydrogen-bond acceptors (Lipinski definition) is 3. The average Bonchev–Trinajstić information content (AvgIpc) is 2.31. The fourth-order valence-electron chi connectivity index (χ4n) is 2.00. The van der Waals surface area contributed by atoms with Gasteiger partial charge < -0.3 is 5.11 Å². The van der Waals surface area contributed by atoms with E-state index >= 15 is 0 Å². The van der Waals surface area contributed by atoms with Gasteiger partial charge in [-0.2, -0.15) is 0 Å². The zero-order chi connectivity index (χ0) is 11.9. The minimum absolute atomic E-state index is 0.202. The van der Waals surface area contributed by atoms with E-state index in [2.05, 4.69) is 4.90 Å². The van der Waals surface area contributed by atoms with Crippen LogP contribution in [0.5, 0.6) is 0 Å². The molecule has 1 N–H and O–H groups in total. The summed E-state index contributed by atoms with van der Waals surface area (Å²) in [5.41, 5.74) is -0.520. The Bertz CT molecular complexity index is 258. The van der Waals surface area contributed by atoms with E-state index < -0.39 is 0 Å². The summed E-state index contributed by atoms with van der Waals surface area (Å²) in [7, 11) is 0. The molecule has 0 aromatic rings. The molecule has 0 aromatic heterocycles. The highest BCUT2D eigenvalue weighted by atomic mass is 16.3. The molecule has 0 spiro atoms. The molecule has 0 aromatic carbocycles. The summed E-state index contributed by atoms with van der Waals surface area (Å²) in [4.78, 5) is 13.7. The first-order chi connectivity index (χ1) is 6.68. The molecule has 3 heteroatoms. The number of carbonyl (C=O) groups is 1. The van der Waals surface area contributed by atoms with Gasteiger partial charge in [-0.15, -0.1) is 0 Å². The van der Waals surface area contributed by atoms with Gasteiger partial charge in [0.05, 0.1) is 6.10 Å². The topological polar surface area (TPSA) is 40.5 Å². The van der Waals surface area contributed by atoms with E-state index in [1.807, 2.05) is 27.7 Å². The molecule has 1 aliphatic heterocycles. The van der Waals surface area contributed by atoms with Crippen LogP contribution >= 0.6 is 0 Å². The molecule has 0 saturated carbocycles. The molecule has 1 aliphatic rings. The van der Waals surface area contributed by atoms with Gasteiger partial charge in [-0.3, -0.25) is 9.69 Å². The van der Waals surface area contributed by atoms with Crippen LogP contribution in [0.2, 0.25) is 0 Å². The summed E-state index contributed by atoms with van der Waals surface area (Å²) in [5.74, 6) is 0.208. The van der Waals surface area contributed by atoms with Crippen LogP contribution in [0.4, 0.5) is 0 Å². The van der Waals surface area contributed by atoms with E-state index in [1.165, 1.54) is 0 Å². The Morgan fingerprint density at radius 2 is 2.07 bits per heavy atom. The molecule has 3 nitrogen and oxygen atoms in total. The van der Waals surface area contributed by atoms with Gasteiger partial charge in [-0.25, -0.2) is 0 Å². The van der Waals surface area contributed by atoms with E-state index in [9.17, 15) is 9.90 Å². The van der Waals surface area contributed by atoms with Gasteiger partial charge in [0, 0.05) is 24.0 Å². The number of likely N-dealkylation sites (tertiary alicyclic amines) is 1. The summed E-state index contributed by atoms with van der Waals surface area (Å²) in [6.45, 7) is 11.3. The maximum atomic E-state index is 11.5. The lowest BCUT2D eigenvalue weighted by atomic mass is 9.87. The van der Waals surface area contributed by atoms with Crippen molar-refractivity contribution >= 4 is 5.78 Å². The van der Waals surface area contributed by atoms with Gasteiger partial charge in [0.15, 0.2) is 0 Å². The molecule has 0 amide bonds. The normalized spacial score (nSPS) is 26.9. The van der Waals surface area contributed by atoms with Crippen LogP contribution in [-0.4, -0.2) is 40.5 Å². The average molecular weight is 213 g/mol. The monoisotopic (exact) mass is 213 g/mol. The summed E-state index contributed by atoms with van der Waals surface area (Å²) < 4.78 is 0. The number of ketones is 1. The number of hydrogen-bond donors (Lipinski definition) is 1. The molecular weight excluding hydrogens is 190 g/mol. The second-order valence-corrected chi connectivity index (χ2v) is 5.82. The maximum absolute atomic E-state index is 11.5. The molecule has 1 atom stereocenters. The Kier molecular flexibility index (Phi) is 3.27. The Morgan fingerprint density at radius 1 is 1.53 bits per heavy atom. The Labute approximate surface area is 92.5 Å². The predicted molar refractivity (Wildman–Crippen MR) is 60.7 cm³/mol. The second-order valence-electron chi connectivity index (χ2n) is 5.82. The van der Waals surface area contributed by atoms with E-state index in [0.717, 1.165) is 19.5 Å². The van der Waals surface area contributed by atoms with Crippen molar-refractivity contribution in [3.05, 3.63) is 0 Å². The second kappa shape index (κ2) is 3.87. The molecule has 1 fully saturated rings.